The number of hydrogen-bond donors (Lipinski definition) is 0. The van der Waals surface area contributed by atoms with Crippen molar-refractivity contribution >= 4 is 16.9 Å². The maximum absolute atomic E-state index is 13.3. The highest BCUT2D eigenvalue weighted by atomic mass is 19.1. The van der Waals surface area contributed by atoms with Crippen molar-refractivity contribution in [3.8, 4) is 0 Å². The van der Waals surface area contributed by atoms with Crippen LogP contribution in [0.1, 0.15) is 35.9 Å². The van der Waals surface area contributed by atoms with Gasteiger partial charge in [-0.05, 0) is 57.2 Å². The quantitative estimate of drug-likeness (QED) is 0.711. The average Bonchev–Trinajstić information content (AvgIpc) is 3.09. The van der Waals surface area contributed by atoms with E-state index >= 15 is 0 Å². The van der Waals surface area contributed by atoms with Crippen LogP contribution in [0.5, 0.6) is 0 Å². The fraction of sp³-hybridized carbons (Fsp3) is 0.278. The second-order valence-electron chi connectivity index (χ2n) is 5.83. The van der Waals surface area contributed by atoms with Crippen LogP contribution in [0.2, 0.25) is 0 Å². The van der Waals surface area contributed by atoms with Gasteiger partial charge >= 0.3 is 0 Å². The third-order valence-corrected chi connectivity index (χ3v) is 3.70. The second-order valence-corrected chi connectivity index (χ2v) is 5.83. The van der Waals surface area contributed by atoms with E-state index in [1.54, 1.807) is 11.0 Å². The van der Waals surface area contributed by atoms with Crippen LogP contribution in [-0.4, -0.2) is 16.8 Å². The SMILES string of the molecule is Cc1ccc(CN(C(=O)c2cc3cc(F)ccc3o2)C(C)C)o1. The molecule has 0 aliphatic carbocycles. The van der Waals surface area contributed by atoms with Crippen LogP contribution >= 0.6 is 0 Å². The molecule has 1 aromatic carbocycles. The number of hydrogen-bond acceptors (Lipinski definition) is 3. The summed E-state index contributed by atoms with van der Waals surface area (Å²) in [6.07, 6.45) is 0. The van der Waals surface area contributed by atoms with Gasteiger partial charge in [0.15, 0.2) is 5.76 Å². The average molecular weight is 315 g/mol. The first kappa shape index (κ1) is 15.3. The monoisotopic (exact) mass is 315 g/mol. The van der Waals surface area contributed by atoms with Crippen molar-refractivity contribution in [3.63, 3.8) is 0 Å². The molecule has 0 N–H and O–H groups in total. The summed E-state index contributed by atoms with van der Waals surface area (Å²) >= 11 is 0. The van der Waals surface area contributed by atoms with Crippen molar-refractivity contribution in [2.45, 2.75) is 33.4 Å². The Kier molecular flexibility index (Phi) is 3.94. The van der Waals surface area contributed by atoms with E-state index in [4.69, 9.17) is 8.83 Å². The highest BCUT2D eigenvalue weighted by Gasteiger charge is 2.23. The number of rotatable bonds is 4. The van der Waals surface area contributed by atoms with E-state index in [0.29, 0.717) is 23.3 Å². The Morgan fingerprint density at radius 2 is 1.96 bits per heavy atom. The van der Waals surface area contributed by atoms with Crippen molar-refractivity contribution in [2.24, 2.45) is 0 Å². The topological polar surface area (TPSA) is 46.6 Å². The van der Waals surface area contributed by atoms with E-state index in [2.05, 4.69) is 0 Å². The molecule has 2 heterocycles. The maximum Gasteiger partial charge on any atom is 0.290 e. The van der Waals surface area contributed by atoms with Gasteiger partial charge in [-0.1, -0.05) is 0 Å². The number of halogens is 1. The molecule has 0 saturated carbocycles. The summed E-state index contributed by atoms with van der Waals surface area (Å²) < 4.78 is 24.4. The fourth-order valence-electron chi connectivity index (χ4n) is 2.49. The number of carbonyl (C=O) groups excluding carboxylic acids is 1. The van der Waals surface area contributed by atoms with E-state index in [0.717, 1.165) is 5.76 Å². The van der Waals surface area contributed by atoms with Gasteiger partial charge in [0.05, 0.1) is 6.54 Å². The van der Waals surface area contributed by atoms with E-state index < -0.39 is 0 Å². The lowest BCUT2D eigenvalue weighted by Gasteiger charge is -2.24. The zero-order chi connectivity index (χ0) is 16.6. The molecule has 0 atom stereocenters. The number of benzene rings is 1. The zero-order valence-electron chi connectivity index (χ0n) is 13.3. The summed E-state index contributed by atoms with van der Waals surface area (Å²) in [5.41, 5.74) is 0.493. The third kappa shape index (κ3) is 3.13. The number of amides is 1. The third-order valence-electron chi connectivity index (χ3n) is 3.70. The molecule has 4 nitrogen and oxygen atoms in total. The molecule has 2 aromatic heterocycles. The number of fused-ring (bicyclic) bond motifs is 1. The molecule has 3 aromatic rings. The molecule has 5 heteroatoms. The maximum atomic E-state index is 13.3. The Labute approximate surface area is 133 Å². The lowest BCUT2D eigenvalue weighted by Crippen LogP contribution is -2.36. The molecular formula is C18H18FNO3. The molecule has 0 unspecified atom stereocenters. The molecule has 0 aliphatic rings. The minimum Gasteiger partial charge on any atom is -0.464 e. The molecule has 3 rings (SSSR count). The summed E-state index contributed by atoms with van der Waals surface area (Å²) in [6.45, 7) is 6.07. The van der Waals surface area contributed by atoms with Gasteiger partial charge in [-0.15, -0.1) is 0 Å². The Morgan fingerprint density at radius 1 is 1.17 bits per heavy atom. The van der Waals surface area contributed by atoms with E-state index in [-0.39, 0.29) is 23.5 Å². The van der Waals surface area contributed by atoms with Gasteiger partial charge in [0.1, 0.15) is 22.9 Å². The van der Waals surface area contributed by atoms with Gasteiger partial charge in [-0.2, -0.15) is 0 Å². The number of nitrogens with zero attached hydrogens (tertiary/aromatic N) is 1. The van der Waals surface area contributed by atoms with Gasteiger partial charge in [0.2, 0.25) is 0 Å². The first-order valence-corrected chi connectivity index (χ1v) is 7.49. The van der Waals surface area contributed by atoms with Crippen LogP contribution in [-0.2, 0) is 6.54 Å². The summed E-state index contributed by atoms with van der Waals surface area (Å²) in [5.74, 6) is 1.11. The summed E-state index contributed by atoms with van der Waals surface area (Å²) in [7, 11) is 0. The minimum atomic E-state index is -0.357. The zero-order valence-corrected chi connectivity index (χ0v) is 13.3. The predicted molar refractivity (Wildman–Crippen MR) is 84.6 cm³/mol. The van der Waals surface area contributed by atoms with E-state index in [9.17, 15) is 9.18 Å². The molecule has 120 valence electrons. The summed E-state index contributed by atoms with van der Waals surface area (Å²) in [4.78, 5) is 14.4. The smallest absolute Gasteiger partial charge is 0.290 e. The molecule has 0 radical (unpaired) electrons. The van der Waals surface area contributed by atoms with Crippen LogP contribution in [0.25, 0.3) is 11.0 Å². The summed E-state index contributed by atoms with van der Waals surface area (Å²) in [5, 5.41) is 0.575. The van der Waals surface area contributed by atoms with Gasteiger partial charge in [0, 0.05) is 11.4 Å². The predicted octanol–water partition coefficient (Wildman–Crippen LogP) is 4.52. The second kappa shape index (κ2) is 5.91. The van der Waals surface area contributed by atoms with Crippen LogP contribution in [0, 0.1) is 12.7 Å². The van der Waals surface area contributed by atoms with Crippen molar-refractivity contribution in [1.29, 1.82) is 0 Å². The number of carbonyl (C=O) groups is 1. The number of furan rings is 2. The first-order valence-electron chi connectivity index (χ1n) is 7.49. The highest BCUT2D eigenvalue weighted by Crippen LogP contribution is 2.23. The fourth-order valence-corrected chi connectivity index (χ4v) is 2.49. The van der Waals surface area contributed by atoms with E-state index in [1.165, 1.54) is 18.2 Å². The lowest BCUT2D eigenvalue weighted by atomic mass is 10.2. The molecule has 0 fully saturated rings. The van der Waals surface area contributed by atoms with Crippen LogP contribution in [0.3, 0.4) is 0 Å². The van der Waals surface area contributed by atoms with Crippen molar-refractivity contribution in [1.82, 2.24) is 4.90 Å². The molecule has 0 spiro atoms. The van der Waals surface area contributed by atoms with Crippen molar-refractivity contribution in [2.75, 3.05) is 0 Å². The Morgan fingerprint density at radius 3 is 2.61 bits per heavy atom. The van der Waals surface area contributed by atoms with Crippen LogP contribution in [0.4, 0.5) is 4.39 Å². The van der Waals surface area contributed by atoms with Crippen molar-refractivity contribution in [3.05, 3.63) is 59.5 Å². The van der Waals surface area contributed by atoms with Gasteiger partial charge in [0.25, 0.3) is 5.91 Å². The summed E-state index contributed by atoms with van der Waals surface area (Å²) in [6, 6.07) is 9.45. The van der Waals surface area contributed by atoms with Gasteiger partial charge in [-0.3, -0.25) is 4.79 Å². The Balaban J connectivity index is 1.90. The molecule has 23 heavy (non-hydrogen) atoms. The Hall–Kier alpha value is -2.56. The van der Waals surface area contributed by atoms with Crippen molar-refractivity contribution < 1.29 is 18.0 Å². The van der Waals surface area contributed by atoms with Gasteiger partial charge < -0.3 is 13.7 Å². The van der Waals surface area contributed by atoms with Crippen LogP contribution in [0.15, 0.2) is 45.2 Å². The molecule has 1 amide bonds. The largest absolute Gasteiger partial charge is 0.464 e. The number of aryl methyl sites for hydroxylation is 1. The van der Waals surface area contributed by atoms with Crippen LogP contribution < -0.4 is 0 Å². The minimum absolute atomic E-state index is 0.0298. The molecule has 0 aliphatic heterocycles. The standard InChI is InChI=1S/C18H18FNO3/c1-11(2)20(10-15-6-4-12(3)22-15)18(21)17-9-13-8-14(19)5-7-16(13)23-17/h4-9,11H,10H2,1-3H3. The normalized spacial score (nSPS) is 11.3. The highest BCUT2D eigenvalue weighted by molar-refractivity contribution is 5.96. The van der Waals surface area contributed by atoms with E-state index in [1.807, 2.05) is 32.9 Å². The lowest BCUT2D eigenvalue weighted by molar-refractivity contribution is 0.0645. The first-order chi connectivity index (χ1) is 10.9. The van der Waals surface area contributed by atoms with Gasteiger partial charge in [-0.25, -0.2) is 4.39 Å². The molecular weight excluding hydrogens is 297 g/mol. The molecule has 0 saturated heterocycles. The molecule has 0 bridgehead atoms. The Bertz CT molecular complexity index is 847.